The number of fused-ring (bicyclic) bond motifs is 2. The molecule has 6 aromatic rings. The number of nitrogens with zero attached hydrogens (tertiary/aromatic N) is 6. The van der Waals surface area contributed by atoms with Crippen LogP contribution < -0.4 is 4.74 Å². The minimum absolute atomic E-state index is 0.383. The molecule has 2 N–H and O–H groups in total. The molecule has 0 amide bonds. The molecule has 9 nitrogen and oxygen atoms in total. The lowest BCUT2D eigenvalue weighted by atomic mass is 10.1. The summed E-state index contributed by atoms with van der Waals surface area (Å²) in [6.07, 6.45) is 7.61. The lowest BCUT2D eigenvalue weighted by molar-refractivity contribution is 0.237. The number of aromatic nitrogens is 7. The second kappa shape index (κ2) is 9.88. The molecule has 1 fully saturated rings. The maximum absolute atomic E-state index is 14.7. The van der Waals surface area contributed by atoms with Crippen LogP contribution in [0.15, 0.2) is 67.1 Å². The van der Waals surface area contributed by atoms with Crippen molar-refractivity contribution in [2.75, 3.05) is 26.2 Å². The van der Waals surface area contributed by atoms with E-state index in [2.05, 4.69) is 35.0 Å². The van der Waals surface area contributed by atoms with Gasteiger partial charge in [0, 0.05) is 36.0 Å². The summed E-state index contributed by atoms with van der Waals surface area (Å²) in [4.78, 5) is 24.0. The number of imidazole rings is 1. The summed E-state index contributed by atoms with van der Waals surface area (Å²) in [7, 11) is 0. The molecule has 0 atom stereocenters. The number of hydrogen-bond acceptors (Lipinski definition) is 7. The smallest absolute Gasteiger partial charge is 0.159 e. The van der Waals surface area contributed by atoms with Crippen molar-refractivity contribution >= 4 is 21.9 Å². The zero-order valence-corrected chi connectivity index (χ0v) is 21.1. The molecule has 1 aliphatic rings. The molecule has 0 aliphatic carbocycles. The fourth-order valence-electron chi connectivity index (χ4n) is 5.09. The van der Waals surface area contributed by atoms with Crippen molar-refractivity contribution in [3.05, 3.63) is 72.9 Å². The number of benzene rings is 1. The number of rotatable bonds is 7. The van der Waals surface area contributed by atoms with Gasteiger partial charge in [-0.2, -0.15) is 5.10 Å². The van der Waals surface area contributed by atoms with Gasteiger partial charge >= 0.3 is 0 Å². The van der Waals surface area contributed by atoms with Crippen molar-refractivity contribution in [3.8, 4) is 39.9 Å². The second-order valence-corrected chi connectivity index (χ2v) is 9.62. The van der Waals surface area contributed by atoms with E-state index in [0.717, 1.165) is 47.4 Å². The zero-order valence-electron chi connectivity index (χ0n) is 21.1. The number of halogens is 1. The molecule has 194 valence electrons. The Balaban J connectivity index is 1.23. The quantitative estimate of drug-likeness (QED) is 0.296. The van der Waals surface area contributed by atoms with Crippen molar-refractivity contribution in [1.82, 2.24) is 40.0 Å². The Kier molecular flexibility index (Phi) is 5.93. The van der Waals surface area contributed by atoms with E-state index in [1.165, 1.54) is 25.0 Å². The van der Waals surface area contributed by atoms with Gasteiger partial charge in [-0.1, -0.05) is 6.07 Å². The van der Waals surface area contributed by atoms with E-state index in [1.54, 1.807) is 18.6 Å². The zero-order chi connectivity index (χ0) is 26.2. The molecule has 0 radical (unpaired) electrons. The highest BCUT2D eigenvalue weighted by atomic mass is 19.1. The van der Waals surface area contributed by atoms with Gasteiger partial charge < -0.3 is 9.72 Å². The highest BCUT2D eigenvalue weighted by molar-refractivity contribution is 5.96. The highest BCUT2D eigenvalue weighted by Gasteiger charge is 2.18. The third kappa shape index (κ3) is 4.59. The Morgan fingerprint density at radius 1 is 0.897 bits per heavy atom. The Morgan fingerprint density at radius 3 is 2.69 bits per heavy atom. The highest BCUT2D eigenvalue weighted by Crippen LogP contribution is 2.33. The van der Waals surface area contributed by atoms with Crippen molar-refractivity contribution in [1.29, 1.82) is 0 Å². The average Bonchev–Trinajstić information content (AvgIpc) is 3.72. The summed E-state index contributed by atoms with van der Waals surface area (Å²) in [6.45, 7) is 3.53. The van der Waals surface area contributed by atoms with Gasteiger partial charge in [-0.25, -0.2) is 9.37 Å². The Bertz CT molecular complexity index is 1780. The van der Waals surface area contributed by atoms with Gasteiger partial charge in [0.05, 0.1) is 34.3 Å². The van der Waals surface area contributed by atoms with Crippen LogP contribution in [-0.2, 0) is 0 Å². The predicted octanol–water partition coefficient (Wildman–Crippen LogP) is 5.24. The molecule has 7 rings (SSSR count). The summed E-state index contributed by atoms with van der Waals surface area (Å²) in [5.41, 5.74) is 5.50. The van der Waals surface area contributed by atoms with Crippen molar-refractivity contribution in [3.63, 3.8) is 0 Å². The van der Waals surface area contributed by atoms with Crippen LogP contribution in [0.5, 0.6) is 5.75 Å². The molecule has 39 heavy (non-hydrogen) atoms. The van der Waals surface area contributed by atoms with Crippen molar-refractivity contribution in [2.24, 2.45) is 0 Å². The summed E-state index contributed by atoms with van der Waals surface area (Å²) in [5, 5.41) is 8.40. The summed E-state index contributed by atoms with van der Waals surface area (Å²) < 4.78 is 20.6. The third-order valence-corrected chi connectivity index (χ3v) is 7.02. The topological polar surface area (TPSA) is 108 Å². The molecule has 6 heterocycles. The lowest BCUT2D eigenvalue weighted by Crippen LogP contribution is -2.25. The van der Waals surface area contributed by atoms with E-state index in [9.17, 15) is 4.39 Å². The number of likely N-dealkylation sites (tertiary alicyclic amines) is 1. The maximum atomic E-state index is 14.7. The normalized spacial score (nSPS) is 14.0. The minimum Gasteiger partial charge on any atom is -0.492 e. The van der Waals surface area contributed by atoms with Gasteiger partial charge in [0.25, 0.3) is 0 Å². The molecular weight excluding hydrogens is 495 g/mol. The first-order valence-electron chi connectivity index (χ1n) is 13.0. The second-order valence-electron chi connectivity index (χ2n) is 9.62. The number of hydrogen-bond donors (Lipinski definition) is 2. The molecule has 1 aromatic carbocycles. The van der Waals surface area contributed by atoms with E-state index in [0.29, 0.717) is 40.6 Å². The molecule has 0 spiro atoms. The van der Waals surface area contributed by atoms with Crippen LogP contribution in [0.25, 0.3) is 56.1 Å². The van der Waals surface area contributed by atoms with Gasteiger partial charge in [-0.3, -0.25) is 25.0 Å². The Hall–Kier alpha value is -4.70. The van der Waals surface area contributed by atoms with Gasteiger partial charge in [0.1, 0.15) is 29.4 Å². The van der Waals surface area contributed by atoms with Crippen LogP contribution in [0.1, 0.15) is 12.8 Å². The number of aromatic amines is 2. The fraction of sp³-hybridized carbons (Fsp3) is 0.207. The molecule has 1 aliphatic heterocycles. The molecular formula is C29H25FN8O. The number of nitrogens with one attached hydrogen (secondary N) is 2. The molecule has 0 saturated carbocycles. The van der Waals surface area contributed by atoms with Crippen LogP contribution in [0.2, 0.25) is 0 Å². The monoisotopic (exact) mass is 520 g/mol. The van der Waals surface area contributed by atoms with Crippen LogP contribution in [0, 0.1) is 5.82 Å². The van der Waals surface area contributed by atoms with E-state index in [1.807, 2.05) is 36.4 Å². The third-order valence-electron chi connectivity index (χ3n) is 7.02. The molecule has 1 saturated heterocycles. The van der Waals surface area contributed by atoms with Gasteiger partial charge in [0.15, 0.2) is 5.82 Å². The number of ether oxygens (including phenoxy) is 1. The van der Waals surface area contributed by atoms with Crippen LogP contribution in [0.4, 0.5) is 4.39 Å². The van der Waals surface area contributed by atoms with E-state index in [4.69, 9.17) is 9.72 Å². The van der Waals surface area contributed by atoms with E-state index < -0.39 is 0 Å². The summed E-state index contributed by atoms with van der Waals surface area (Å²) >= 11 is 0. The first kappa shape index (κ1) is 23.4. The average molecular weight is 521 g/mol. The summed E-state index contributed by atoms with van der Waals surface area (Å²) in [5.74, 6) is 0.667. The molecule has 0 bridgehead atoms. The van der Waals surface area contributed by atoms with Crippen LogP contribution >= 0.6 is 0 Å². The lowest BCUT2D eigenvalue weighted by Gasteiger charge is -2.15. The standard InChI is InChI=1S/C29H25FN8O/c30-19-13-18(14-20(15-19)39-12-11-38-9-3-4-10-38)26-28-23(6-8-32-26)34-29(35-28)27-21-16-24(22-5-1-2-7-31-22)33-17-25(21)36-37-27/h1-2,5-8,13-17H,3-4,9-12H2,(H,34,35)(H,36,37). The van der Waals surface area contributed by atoms with Gasteiger partial charge in [-0.05, 0) is 62.3 Å². The fourth-order valence-corrected chi connectivity index (χ4v) is 5.09. The van der Waals surface area contributed by atoms with Crippen molar-refractivity contribution < 1.29 is 9.13 Å². The Morgan fingerprint density at radius 2 is 1.82 bits per heavy atom. The first-order chi connectivity index (χ1) is 19.2. The predicted molar refractivity (Wildman–Crippen MR) is 147 cm³/mol. The van der Waals surface area contributed by atoms with E-state index in [-0.39, 0.29) is 5.82 Å². The number of pyridine rings is 3. The maximum Gasteiger partial charge on any atom is 0.159 e. The summed E-state index contributed by atoms with van der Waals surface area (Å²) in [6, 6.07) is 14.2. The van der Waals surface area contributed by atoms with Gasteiger partial charge in [-0.15, -0.1) is 0 Å². The molecule has 0 unspecified atom stereocenters. The molecule has 5 aromatic heterocycles. The van der Waals surface area contributed by atoms with E-state index >= 15 is 0 Å². The molecule has 10 heteroatoms. The Labute approximate surface area is 223 Å². The van der Waals surface area contributed by atoms with Crippen LogP contribution in [-0.4, -0.2) is 66.3 Å². The number of H-pyrrole nitrogens is 2. The van der Waals surface area contributed by atoms with Crippen LogP contribution in [0.3, 0.4) is 0 Å². The largest absolute Gasteiger partial charge is 0.492 e. The SMILES string of the molecule is Fc1cc(OCCN2CCCC2)cc(-c2nccc3[nH]c(-c4n[nH]c5cnc(-c6ccccn6)cc45)nc23)c1. The first-order valence-corrected chi connectivity index (χ1v) is 13.0. The minimum atomic E-state index is -0.383. The van der Waals surface area contributed by atoms with Crippen molar-refractivity contribution in [2.45, 2.75) is 12.8 Å². The van der Waals surface area contributed by atoms with Gasteiger partial charge in [0.2, 0.25) is 0 Å².